The molecular formula is C17H19NO5S. The molecule has 2 aromatic carbocycles. The molecule has 2 aromatic rings. The molecule has 0 fully saturated rings. The minimum Gasteiger partial charge on any atom is -0.493 e. The third-order valence-corrected chi connectivity index (χ3v) is 5.38. The predicted molar refractivity (Wildman–Crippen MR) is 89.3 cm³/mol. The van der Waals surface area contributed by atoms with E-state index >= 15 is 0 Å². The summed E-state index contributed by atoms with van der Waals surface area (Å²) < 4.78 is 43.9. The van der Waals surface area contributed by atoms with Crippen LogP contribution in [0.2, 0.25) is 0 Å². The van der Waals surface area contributed by atoms with Crippen molar-refractivity contribution in [2.45, 2.75) is 17.4 Å². The fraction of sp³-hybridized carbons (Fsp3) is 0.294. The summed E-state index contributed by atoms with van der Waals surface area (Å²) in [5, 5.41) is 0. The smallest absolute Gasteiger partial charge is 0.241 e. The van der Waals surface area contributed by atoms with E-state index in [4.69, 9.17) is 14.2 Å². The molecule has 7 heteroatoms. The molecule has 0 aliphatic carbocycles. The molecule has 1 atom stereocenters. The van der Waals surface area contributed by atoms with Gasteiger partial charge in [-0.15, -0.1) is 0 Å². The van der Waals surface area contributed by atoms with Gasteiger partial charge < -0.3 is 14.2 Å². The van der Waals surface area contributed by atoms with Crippen LogP contribution in [0.5, 0.6) is 17.2 Å². The van der Waals surface area contributed by atoms with Gasteiger partial charge >= 0.3 is 0 Å². The molecule has 0 bridgehead atoms. The summed E-state index contributed by atoms with van der Waals surface area (Å²) in [4.78, 5) is 0.124. The van der Waals surface area contributed by atoms with Crippen molar-refractivity contribution in [2.75, 3.05) is 20.8 Å². The van der Waals surface area contributed by atoms with Gasteiger partial charge in [-0.2, -0.15) is 0 Å². The molecule has 1 aliphatic heterocycles. The zero-order valence-corrected chi connectivity index (χ0v) is 14.3. The van der Waals surface area contributed by atoms with Gasteiger partial charge in [-0.05, 0) is 30.2 Å². The van der Waals surface area contributed by atoms with Crippen molar-refractivity contribution < 1.29 is 22.6 Å². The number of sulfonamides is 1. The second kappa shape index (κ2) is 6.70. The molecule has 24 heavy (non-hydrogen) atoms. The summed E-state index contributed by atoms with van der Waals surface area (Å²) >= 11 is 0. The van der Waals surface area contributed by atoms with Crippen LogP contribution in [-0.4, -0.2) is 35.3 Å². The number of hydrogen-bond acceptors (Lipinski definition) is 5. The number of rotatable bonds is 5. The van der Waals surface area contributed by atoms with Crippen LogP contribution in [0.25, 0.3) is 0 Å². The van der Waals surface area contributed by atoms with Gasteiger partial charge in [0.25, 0.3) is 0 Å². The predicted octanol–water partition coefficient (Wildman–Crippen LogP) is 1.99. The van der Waals surface area contributed by atoms with E-state index in [1.54, 1.807) is 6.07 Å². The Morgan fingerprint density at radius 3 is 2.58 bits per heavy atom. The Hall–Kier alpha value is -2.25. The Morgan fingerprint density at radius 1 is 1.08 bits per heavy atom. The van der Waals surface area contributed by atoms with Crippen LogP contribution < -0.4 is 18.9 Å². The van der Waals surface area contributed by atoms with Crippen molar-refractivity contribution in [1.82, 2.24) is 4.72 Å². The highest BCUT2D eigenvalue weighted by Crippen LogP contribution is 2.30. The van der Waals surface area contributed by atoms with E-state index in [2.05, 4.69) is 4.72 Å². The lowest BCUT2D eigenvalue weighted by atomic mass is 10.0. The van der Waals surface area contributed by atoms with E-state index in [1.807, 2.05) is 24.3 Å². The maximum Gasteiger partial charge on any atom is 0.241 e. The average Bonchev–Trinajstić information content (AvgIpc) is 2.60. The lowest BCUT2D eigenvalue weighted by Gasteiger charge is -2.26. The van der Waals surface area contributed by atoms with Crippen LogP contribution in [0.4, 0.5) is 0 Å². The molecule has 0 aromatic heterocycles. The zero-order chi connectivity index (χ0) is 17.2. The highest BCUT2D eigenvalue weighted by Gasteiger charge is 2.26. The monoisotopic (exact) mass is 349 g/mol. The van der Waals surface area contributed by atoms with E-state index in [0.29, 0.717) is 24.5 Å². The molecule has 6 nitrogen and oxygen atoms in total. The molecule has 0 unspecified atom stereocenters. The van der Waals surface area contributed by atoms with Gasteiger partial charge in [0, 0.05) is 6.07 Å². The topological polar surface area (TPSA) is 73.9 Å². The number of nitrogens with one attached hydrogen (secondary N) is 1. The third kappa shape index (κ3) is 3.32. The van der Waals surface area contributed by atoms with Crippen molar-refractivity contribution in [3.63, 3.8) is 0 Å². The highest BCUT2D eigenvalue weighted by atomic mass is 32.2. The number of benzene rings is 2. The zero-order valence-electron chi connectivity index (χ0n) is 13.5. The number of para-hydroxylation sites is 1. The van der Waals surface area contributed by atoms with Gasteiger partial charge in [-0.25, -0.2) is 13.1 Å². The van der Waals surface area contributed by atoms with Gasteiger partial charge in [0.1, 0.15) is 12.4 Å². The van der Waals surface area contributed by atoms with Crippen LogP contribution in [0.15, 0.2) is 47.4 Å². The molecule has 1 N–H and O–H groups in total. The first-order chi connectivity index (χ1) is 11.5. The Morgan fingerprint density at radius 2 is 1.83 bits per heavy atom. The summed E-state index contributed by atoms with van der Waals surface area (Å²) in [5.74, 6) is 1.65. The van der Waals surface area contributed by atoms with Gasteiger partial charge in [0.15, 0.2) is 11.5 Å². The third-order valence-electron chi connectivity index (χ3n) is 3.87. The number of methoxy groups -OCH3 is 2. The van der Waals surface area contributed by atoms with E-state index < -0.39 is 10.0 Å². The molecule has 1 aliphatic rings. The molecule has 0 saturated carbocycles. The average molecular weight is 349 g/mol. The minimum absolute atomic E-state index is 0.124. The molecule has 1 heterocycles. The number of fused-ring (bicyclic) bond motifs is 1. The molecule has 0 radical (unpaired) electrons. The van der Waals surface area contributed by atoms with E-state index in [1.165, 1.54) is 26.4 Å². The van der Waals surface area contributed by atoms with Crippen molar-refractivity contribution in [1.29, 1.82) is 0 Å². The maximum absolute atomic E-state index is 12.6. The van der Waals surface area contributed by atoms with E-state index in [-0.39, 0.29) is 10.9 Å². The molecule has 0 spiro atoms. The Bertz CT molecular complexity index is 835. The lowest BCUT2D eigenvalue weighted by molar-refractivity contribution is 0.254. The largest absolute Gasteiger partial charge is 0.493 e. The molecule has 0 amide bonds. The first kappa shape index (κ1) is 16.6. The lowest BCUT2D eigenvalue weighted by Crippen LogP contribution is -2.42. The maximum atomic E-state index is 12.6. The van der Waals surface area contributed by atoms with E-state index in [9.17, 15) is 8.42 Å². The molecular weight excluding hydrogens is 330 g/mol. The minimum atomic E-state index is -3.69. The first-order valence-corrected chi connectivity index (χ1v) is 8.97. The fourth-order valence-electron chi connectivity index (χ4n) is 2.67. The quantitative estimate of drug-likeness (QED) is 0.894. The van der Waals surface area contributed by atoms with Crippen molar-refractivity contribution in [3.8, 4) is 17.2 Å². The van der Waals surface area contributed by atoms with Gasteiger partial charge in [-0.3, -0.25) is 0 Å². The van der Waals surface area contributed by atoms with Gasteiger partial charge in [-0.1, -0.05) is 18.2 Å². The van der Waals surface area contributed by atoms with E-state index in [0.717, 1.165) is 11.3 Å². The van der Waals surface area contributed by atoms with Gasteiger partial charge in [0.2, 0.25) is 10.0 Å². The van der Waals surface area contributed by atoms with Crippen LogP contribution in [-0.2, 0) is 16.4 Å². The molecule has 128 valence electrons. The summed E-state index contributed by atoms with van der Waals surface area (Å²) in [5.41, 5.74) is 0.990. The van der Waals surface area contributed by atoms with Crippen LogP contribution >= 0.6 is 0 Å². The summed E-state index contributed by atoms with van der Waals surface area (Å²) in [7, 11) is -0.719. The Kier molecular flexibility index (Phi) is 4.64. The van der Waals surface area contributed by atoms with Gasteiger partial charge in [0.05, 0.1) is 25.2 Å². The Balaban J connectivity index is 1.80. The van der Waals surface area contributed by atoms with Crippen LogP contribution in [0, 0.1) is 0 Å². The standard InChI is InChI=1S/C17H19NO5S/c1-21-16-8-7-14(10-17(16)22-2)24(19,20)18-13-9-12-5-3-4-6-15(12)23-11-13/h3-8,10,13,18H,9,11H2,1-2H3/t13-/m0/s1. The normalized spacial score (nSPS) is 16.8. The number of ether oxygens (including phenoxy) is 3. The van der Waals surface area contributed by atoms with Crippen molar-refractivity contribution >= 4 is 10.0 Å². The highest BCUT2D eigenvalue weighted by molar-refractivity contribution is 7.89. The van der Waals surface area contributed by atoms with Crippen LogP contribution in [0.3, 0.4) is 0 Å². The second-order valence-corrected chi connectivity index (χ2v) is 7.17. The summed E-state index contributed by atoms with van der Waals surface area (Å²) in [6.45, 7) is 0.295. The Labute approximate surface area is 141 Å². The summed E-state index contributed by atoms with van der Waals surface area (Å²) in [6.07, 6.45) is 0.586. The second-order valence-electron chi connectivity index (χ2n) is 5.46. The fourth-order valence-corrected chi connectivity index (χ4v) is 3.91. The van der Waals surface area contributed by atoms with Crippen molar-refractivity contribution in [2.24, 2.45) is 0 Å². The van der Waals surface area contributed by atoms with Crippen LogP contribution in [0.1, 0.15) is 5.56 Å². The molecule has 3 rings (SSSR count). The van der Waals surface area contributed by atoms with Crippen molar-refractivity contribution in [3.05, 3.63) is 48.0 Å². The molecule has 0 saturated heterocycles. The summed E-state index contributed by atoms with van der Waals surface area (Å²) in [6, 6.07) is 11.8. The number of hydrogen-bond donors (Lipinski definition) is 1. The SMILES string of the molecule is COc1ccc(S(=O)(=O)N[C@@H]2COc3ccccc3C2)cc1OC. The first-order valence-electron chi connectivity index (χ1n) is 7.48.